The lowest BCUT2D eigenvalue weighted by atomic mass is 10.0. The molecule has 2 aromatic carbocycles. The van der Waals surface area contributed by atoms with Crippen LogP contribution in [0.5, 0.6) is 11.5 Å². The first-order valence-electron chi connectivity index (χ1n) is 7.00. The van der Waals surface area contributed by atoms with Crippen molar-refractivity contribution in [3.63, 3.8) is 0 Å². The molecule has 1 aliphatic heterocycles. The van der Waals surface area contributed by atoms with E-state index in [0.29, 0.717) is 0 Å². The number of rotatable bonds is 1. The van der Waals surface area contributed by atoms with E-state index in [0.717, 1.165) is 39.2 Å². The zero-order valence-electron chi connectivity index (χ0n) is 11.9. The van der Waals surface area contributed by atoms with Crippen LogP contribution >= 0.6 is 12.4 Å². The average molecular weight is 326 g/mol. The van der Waals surface area contributed by atoms with Gasteiger partial charge in [0.15, 0.2) is 11.5 Å². The number of fused-ring (bicyclic) bond motifs is 3. The van der Waals surface area contributed by atoms with Crippen molar-refractivity contribution in [1.29, 1.82) is 0 Å². The van der Waals surface area contributed by atoms with E-state index in [-0.39, 0.29) is 19.2 Å². The molecule has 0 fully saturated rings. The number of hydrogen-bond donors (Lipinski definition) is 1. The summed E-state index contributed by atoms with van der Waals surface area (Å²) in [4.78, 5) is 12.0. The molecule has 0 spiro atoms. The number of hydrogen-bond acceptors (Lipinski definition) is 4. The van der Waals surface area contributed by atoms with Crippen molar-refractivity contribution < 1.29 is 9.47 Å². The van der Waals surface area contributed by atoms with E-state index in [4.69, 9.17) is 9.47 Å². The Kier molecular flexibility index (Phi) is 3.09. The minimum Gasteiger partial charge on any atom is -0.454 e. The maximum absolute atomic E-state index is 5.47. The number of halogens is 1. The predicted octanol–water partition coefficient (Wildman–Crippen LogP) is 3.93. The molecule has 3 heterocycles. The molecule has 5 nitrogen and oxygen atoms in total. The fraction of sp³-hybridized carbons (Fsp3) is 0.0588. The highest BCUT2D eigenvalue weighted by molar-refractivity contribution is 5.96. The minimum atomic E-state index is 0. The highest BCUT2D eigenvalue weighted by atomic mass is 35.5. The number of benzene rings is 2. The molecule has 0 amide bonds. The molecule has 1 N–H and O–H groups in total. The molecule has 114 valence electrons. The molecule has 0 aliphatic carbocycles. The van der Waals surface area contributed by atoms with Crippen LogP contribution in [0.3, 0.4) is 0 Å². The molecule has 0 atom stereocenters. The van der Waals surface area contributed by atoms with Gasteiger partial charge in [-0.3, -0.25) is 0 Å². The highest BCUT2D eigenvalue weighted by Crippen LogP contribution is 2.38. The number of nitrogens with one attached hydrogen (secondary N) is 1. The maximum atomic E-state index is 5.47. The summed E-state index contributed by atoms with van der Waals surface area (Å²) >= 11 is 0. The van der Waals surface area contributed by atoms with Gasteiger partial charge in [0.1, 0.15) is 6.33 Å². The minimum absolute atomic E-state index is 0. The normalized spacial score (nSPS) is 12.5. The Labute approximate surface area is 137 Å². The zero-order chi connectivity index (χ0) is 14.5. The summed E-state index contributed by atoms with van der Waals surface area (Å²) in [5.74, 6) is 1.47. The third kappa shape index (κ3) is 2.09. The van der Waals surface area contributed by atoms with Gasteiger partial charge in [0.2, 0.25) is 6.79 Å². The van der Waals surface area contributed by atoms with Gasteiger partial charge in [0.05, 0.1) is 11.2 Å². The molecular weight excluding hydrogens is 314 g/mol. The van der Waals surface area contributed by atoms with E-state index in [1.54, 1.807) is 6.33 Å². The number of aromatic nitrogens is 3. The standard InChI is InChI=1S/C17H11N3O2.ClH/c1-2-11(5-13-10(1)3-4-18-13)17-12-6-15-16(22-9-21-15)7-14(12)19-8-20-17;/h1-8,18H,9H2;1H. The first kappa shape index (κ1) is 13.8. The second-order valence-electron chi connectivity index (χ2n) is 5.22. The topological polar surface area (TPSA) is 60.0 Å². The molecule has 0 saturated heterocycles. The monoisotopic (exact) mass is 325 g/mol. The SMILES string of the molecule is Cl.c1nc(-c2ccc3cc[nH]c3c2)c2cc3c(cc2n1)OCO3. The largest absolute Gasteiger partial charge is 0.454 e. The average Bonchev–Trinajstić information content (AvgIpc) is 3.19. The smallest absolute Gasteiger partial charge is 0.231 e. The highest BCUT2D eigenvalue weighted by Gasteiger charge is 2.17. The molecule has 6 heteroatoms. The number of ether oxygens (including phenoxy) is 2. The Bertz CT molecular complexity index is 1030. The van der Waals surface area contributed by atoms with Gasteiger partial charge in [0.25, 0.3) is 0 Å². The third-order valence-electron chi connectivity index (χ3n) is 3.96. The van der Waals surface area contributed by atoms with Crippen LogP contribution in [0.15, 0.2) is 48.9 Å². The second-order valence-corrected chi connectivity index (χ2v) is 5.22. The van der Waals surface area contributed by atoms with E-state index in [2.05, 4.69) is 39.2 Å². The second kappa shape index (κ2) is 5.14. The van der Waals surface area contributed by atoms with Gasteiger partial charge in [-0.25, -0.2) is 9.97 Å². The Morgan fingerprint density at radius 1 is 0.957 bits per heavy atom. The van der Waals surface area contributed by atoms with Crippen LogP contribution in [0.4, 0.5) is 0 Å². The first-order valence-corrected chi connectivity index (χ1v) is 7.00. The molecule has 2 aromatic heterocycles. The van der Waals surface area contributed by atoms with Crippen LogP contribution in [0, 0.1) is 0 Å². The molecule has 23 heavy (non-hydrogen) atoms. The summed E-state index contributed by atoms with van der Waals surface area (Å²) in [7, 11) is 0. The van der Waals surface area contributed by atoms with Crippen molar-refractivity contribution in [2.45, 2.75) is 0 Å². The molecule has 0 radical (unpaired) electrons. The maximum Gasteiger partial charge on any atom is 0.231 e. The van der Waals surface area contributed by atoms with Gasteiger partial charge in [-0.15, -0.1) is 12.4 Å². The van der Waals surface area contributed by atoms with Crippen LogP contribution in [0.2, 0.25) is 0 Å². The summed E-state index contributed by atoms with van der Waals surface area (Å²) in [6.45, 7) is 0.253. The molecule has 5 rings (SSSR count). The molecular formula is C17H12ClN3O2. The number of nitrogens with zero attached hydrogens (tertiary/aromatic N) is 2. The fourth-order valence-corrected chi connectivity index (χ4v) is 2.87. The Hall–Kier alpha value is -2.79. The van der Waals surface area contributed by atoms with E-state index in [1.807, 2.05) is 18.3 Å². The quantitative estimate of drug-likeness (QED) is 0.576. The van der Waals surface area contributed by atoms with Gasteiger partial charge in [0, 0.05) is 28.7 Å². The summed E-state index contributed by atoms with van der Waals surface area (Å²) < 4.78 is 10.9. The van der Waals surface area contributed by atoms with Crippen molar-refractivity contribution in [3.8, 4) is 22.8 Å². The number of H-pyrrole nitrogens is 1. The zero-order valence-corrected chi connectivity index (χ0v) is 12.8. The van der Waals surface area contributed by atoms with Crippen molar-refractivity contribution in [1.82, 2.24) is 15.0 Å². The van der Waals surface area contributed by atoms with Crippen LogP contribution < -0.4 is 9.47 Å². The lowest BCUT2D eigenvalue weighted by Crippen LogP contribution is -1.92. The number of aromatic amines is 1. The van der Waals surface area contributed by atoms with Gasteiger partial charge in [-0.1, -0.05) is 12.1 Å². The summed E-state index contributed by atoms with van der Waals surface area (Å²) in [5, 5.41) is 2.14. The van der Waals surface area contributed by atoms with Gasteiger partial charge >= 0.3 is 0 Å². The van der Waals surface area contributed by atoms with E-state index >= 15 is 0 Å². The fourth-order valence-electron chi connectivity index (χ4n) is 2.87. The molecule has 0 unspecified atom stereocenters. The van der Waals surface area contributed by atoms with Crippen LogP contribution in [-0.4, -0.2) is 21.7 Å². The lowest BCUT2D eigenvalue weighted by molar-refractivity contribution is 0.174. The van der Waals surface area contributed by atoms with E-state index in [1.165, 1.54) is 5.39 Å². The van der Waals surface area contributed by atoms with Gasteiger partial charge in [-0.05, 0) is 23.6 Å². The van der Waals surface area contributed by atoms with Crippen molar-refractivity contribution >= 4 is 34.2 Å². The third-order valence-corrected chi connectivity index (χ3v) is 3.96. The summed E-state index contributed by atoms with van der Waals surface area (Å²) in [6.07, 6.45) is 3.52. The van der Waals surface area contributed by atoms with Crippen LogP contribution in [0.1, 0.15) is 0 Å². The molecule has 0 bridgehead atoms. The predicted molar refractivity (Wildman–Crippen MR) is 90.2 cm³/mol. The molecule has 0 saturated carbocycles. The van der Waals surface area contributed by atoms with Crippen LogP contribution in [-0.2, 0) is 0 Å². The summed E-state index contributed by atoms with van der Waals surface area (Å²) in [5.41, 5.74) is 3.87. The van der Waals surface area contributed by atoms with Crippen molar-refractivity contribution in [2.75, 3.05) is 6.79 Å². The Balaban J connectivity index is 0.00000135. The molecule has 4 aromatic rings. The van der Waals surface area contributed by atoms with Crippen LogP contribution in [0.25, 0.3) is 33.1 Å². The Morgan fingerprint density at radius 3 is 2.74 bits per heavy atom. The summed E-state index contributed by atoms with van der Waals surface area (Å²) in [6, 6.07) is 12.2. The van der Waals surface area contributed by atoms with Gasteiger partial charge < -0.3 is 14.5 Å². The lowest BCUT2D eigenvalue weighted by Gasteiger charge is -2.06. The van der Waals surface area contributed by atoms with E-state index < -0.39 is 0 Å². The van der Waals surface area contributed by atoms with E-state index in [9.17, 15) is 0 Å². The van der Waals surface area contributed by atoms with Crippen molar-refractivity contribution in [2.24, 2.45) is 0 Å². The van der Waals surface area contributed by atoms with Crippen molar-refractivity contribution in [3.05, 3.63) is 48.9 Å². The first-order chi connectivity index (χ1) is 10.9. The van der Waals surface area contributed by atoms with Gasteiger partial charge in [-0.2, -0.15) is 0 Å². The molecule has 1 aliphatic rings. The Morgan fingerprint density at radius 2 is 1.83 bits per heavy atom.